The first kappa shape index (κ1) is 23.8. The van der Waals surface area contributed by atoms with Crippen LogP contribution in [0.15, 0.2) is 21.9 Å². The molecule has 0 bridgehead atoms. The summed E-state index contributed by atoms with van der Waals surface area (Å²) in [6.45, 7) is 11.6. The van der Waals surface area contributed by atoms with Gasteiger partial charge in [-0.3, -0.25) is 0 Å². The van der Waals surface area contributed by atoms with Crippen molar-refractivity contribution in [3.63, 3.8) is 0 Å². The highest BCUT2D eigenvalue weighted by atomic mass is 32.2. The van der Waals surface area contributed by atoms with E-state index in [0.717, 1.165) is 11.3 Å². The number of hydrogen-bond donors (Lipinski definition) is 2. The number of hydrogen-bond acceptors (Lipinski definition) is 7. The van der Waals surface area contributed by atoms with Gasteiger partial charge < -0.3 is 14.7 Å². The van der Waals surface area contributed by atoms with Gasteiger partial charge >= 0.3 is 0 Å². The average molecular weight is 343 g/mol. The Morgan fingerprint density at radius 1 is 1.09 bits per heavy atom. The van der Waals surface area contributed by atoms with Gasteiger partial charge in [-0.25, -0.2) is 9.97 Å². The minimum absolute atomic E-state index is 0.0150. The summed E-state index contributed by atoms with van der Waals surface area (Å²) in [7, 11) is 0. The van der Waals surface area contributed by atoms with E-state index in [1.807, 2.05) is 40.9 Å². The van der Waals surface area contributed by atoms with Crippen molar-refractivity contribution >= 4 is 11.8 Å². The van der Waals surface area contributed by atoms with E-state index in [4.69, 9.17) is 14.7 Å². The van der Waals surface area contributed by atoms with Crippen molar-refractivity contribution in [3.8, 4) is 0 Å². The van der Waals surface area contributed by atoms with Crippen molar-refractivity contribution in [2.75, 3.05) is 6.26 Å². The fraction of sp³-hybridized carbons (Fsp3) is 0.562. The first-order chi connectivity index (χ1) is 11.1. The molecule has 6 nitrogen and oxygen atoms in total. The molecule has 2 rings (SSSR count). The molecule has 2 N–H and O–H groups in total. The smallest absolute Gasteiger partial charge is 0.187 e. The van der Waals surface area contributed by atoms with Crippen molar-refractivity contribution in [3.05, 3.63) is 35.0 Å². The predicted molar refractivity (Wildman–Crippen MR) is 94.3 cm³/mol. The zero-order valence-corrected chi connectivity index (χ0v) is 15.9. The minimum Gasteiger partial charge on any atom is -0.391 e. The maximum Gasteiger partial charge on any atom is 0.187 e. The van der Waals surface area contributed by atoms with Crippen LogP contribution in [0.2, 0.25) is 0 Å². The van der Waals surface area contributed by atoms with Crippen LogP contribution in [-0.2, 0) is 13.2 Å². The number of aryl methyl sites for hydroxylation is 2. The summed E-state index contributed by atoms with van der Waals surface area (Å²) < 4.78 is 4.78. The molecule has 2 heterocycles. The van der Waals surface area contributed by atoms with Crippen LogP contribution in [0.4, 0.5) is 0 Å². The summed E-state index contributed by atoms with van der Waals surface area (Å²) in [4.78, 5) is 7.96. The highest BCUT2D eigenvalue weighted by Gasteiger charge is 2.05. The van der Waals surface area contributed by atoms with E-state index >= 15 is 0 Å². The van der Waals surface area contributed by atoms with Crippen LogP contribution in [0.1, 0.15) is 50.4 Å². The van der Waals surface area contributed by atoms with Crippen molar-refractivity contribution < 1.29 is 14.7 Å². The summed E-state index contributed by atoms with van der Waals surface area (Å²) in [5, 5.41) is 21.7. The normalized spacial score (nSPS) is 8.74. The van der Waals surface area contributed by atoms with Crippen LogP contribution < -0.4 is 0 Å². The Kier molecular flexibility index (Phi) is 16.0. The molecule has 0 amide bonds. The number of aliphatic hydroxyl groups excluding tert-OH is 2. The molecule has 2 aromatic heterocycles. The van der Waals surface area contributed by atoms with Gasteiger partial charge in [0.15, 0.2) is 5.16 Å². The summed E-state index contributed by atoms with van der Waals surface area (Å²) in [5.74, 6) is 0.704. The summed E-state index contributed by atoms with van der Waals surface area (Å²) in [6, 6.07) is 1.69. The first-order valence-corrected chi connectivity index (χ1v) is 8.84. The van der Waals surface area contributed by atoms with E-state index in [-0.39, 0.29) is 13.2 Å². The third-order valence-electron chi connectivity index (χ3n) is 2.38. The highest BCUT2D eigenvalue weighted by Crippen LogP contribution is 2.10. The Hall–Kier alpha value is -1.44. The Morgan fingerprint density at radius 2 is 1.70 bits per heavy atom. The van der Waals surface area contributed by atoms with Gasteiger partial charge in [0.05, 0.1) is 24.6 Å². The van der Waals surface area contributed by atoms with Gasteiger partial charge in [-0.2, -0.15) is 0 Å². The molecule has 0 aliphatic heterocycles. The Balaban J connectivity index is 0. The van der Waals surface area contributed by atoms with E-state index in [9.17, 15) is 0 Å². The molecule has 7 heteroatoms. The number of thioether (sulfide) groups is 1. The lowest BCUT2D eigenvalue weighted by molar-refractivity contribution is 0.275. The highest BCUT2D eigenvalue weighted by molar-refractivity contribution is 7.98. The minimum atomic E-state index is -0.0178. The molecule has 0 spiro atoms. The zero-order chi connectivity index (χ0) is 18.3. The molecule has 0 radical (unpaired) electrons. The molecule has 0 unspecified atom stereocenters. The van der Waals surface area contributed by atoms with Crippen LogP contribution >= 0.6 is 11.8 Å². The molecule has 0 saturated carbocycles. The largest absolute Gasteiger partial charge is 0.391 e. The molecule has 0 aliphatic rings. The SMILES string of the molecule is CC.CC.CSc1nccc(CO)n1.Cc1noc(C)c1CO. The summed E-state index contributed by atoms with van der Waals surface area (Å²) >= 11 is 1.46. The second-order valence-electron chi connectivity index (χ2n) is 3.65. The van der Waals surface area contributed by atoms with Gasteiger partial charge in [0.25, 0.3) is 0 Å². The lowest BCUT2D eigenvalue weighted by Crippen LogP contribution is -1.91. The second-order valence-corrected chi connectivity index (χ2v) is 4.43. The molecular weight excluding hydrogens is 314 g/mol. The van der Waals surface area contributed by atoms with Crippen LogP contribution in [0.5, 0.6) is 0 Å². The zero-order valence-electron chi connectivity index (χ0n) is 15.1. The lowest BCUT2D eigenvalue weighted by atomic mass is 10.2. The van der Waals surface area contributed by atoms with Crippen LogP contribution in [0, 0.1) is 13.8 Å². The van der Waals surface area contributed by atoms with E-state index < -0.39 is 0 Å². The molecule has 0 aliphatic carbocycles. The van der Waals surface area contributed by atoms with Gasteiger partial charge in [-0.05, 0) is 26.2 Å². The molecule has 23 heavy (non-hydrogen) atoms. The van der Waals surface area contributed by atoms with Crippen molar-refractivity contribution in [1.29, 1.82) is 0 Å². The van der Waals surface area contributed by atoms with Gasteiger partial charge in [-0.15, -0.1) is 0 Å². The molecule has 0 fully saturated rings. The fourth-order valence-electron chi connectivity index (χ4n) is 1.29. The van der Waals surface area contributed by atoms with Crippen molar-refractivity contribution in [2.45, 2.75) is 59.9 Å². The number of nitrogens with zero attached hydrogens (tertiary/aromatic N) is 3. The van der Waals surface area contributed by atoms with Gasteiger partial charge in [0, 0.05) is 11.8 Å². The number of rotatable bonds is 3. The summed E-state index contributed by atoms with van der Waals surface area (Å²) in [6.07, 6.45) is 3.54. The standard InChI is InChI=1S/C6H8N2OS.C6H9NO2.2C2H6/c1-10-6-7-3-2-5(4-9)8-6;1-4-6(3-8)5(2)9-7-4;2*1-2/h2-3,9H,4H2,1H3;8H,3H2,1-2H3;2*1-2H3. The van der Waals surface area contributed by atoms with E-state index in [2.05, 4.69) is 15.1 Å². The van der Waals surface area contributed by atoms with Crippen LogP contribution in [0.25, 0.3) is 0 Å². The van der Waals surface area contributed by atoms with E-state index in [1.54, 1.807) is 19.2 Å². The Bertz CT molecular complexity index is 480. The van der Waals surface area contributed by atoms with Crippen LogP contribution in [-0.4, -0.2) is 31.6 Å². The predicted octanol–water partition coefficient (Wildman–Crippen LogP) is 3.53. The molecule has 132 valence electrons. The van der Waals surface area contributed by atoms with Gasteiger partial charge in [0.1, 0.15) is 5.76 Å². The quantitative estimate of drug-likeness (QED) is 0.650. The van der Waals surface area contributed by atoms with E-state index in [0.29, 0.717) is 16.6 Å². The van der Waals surface area contributed by atoms with Crippen LogP contribution in [0.3, 0.4) is 0 Å². The van der Waals surface area contributed by atoms with Gasteiger partial charge in [0.2, 0.25) is 0 Å². The lowest BCUT2D eigenvalue weighted by Gasteiger charge is -1.95. The van der Waals surface area contributed by atoms with E-state index in [1.165, 1.54) is 11.8 Å². The topological polar surface area (TPSA) is 92.3 Å². The average Bonchev–Trinajstić information content (AvgIpc) is 2.96. The third-order valence-corrected chi connectivity index (χ3v) is 2.94. The van der Waals surface area contributed by atoms with Gasteiger partial charge in [-0.1, -0.05) is 44.6 Å². The maximum absolute atomic E-state index is 8.69. The second kappa shape index (κ2) is 15.5. The molecular formula is C16H29N3O3S. The number of aliphatic hydroxyl groups is 2. The summed E-state index contributed by atoms with van der Waals surface area (Å²) in [5.41, 5.74) is 2.24. The van der Waals surface area contributed by atoms with Crippen molar-refractivity contribution in [1.82, 2.24) is 15.1 Å². The molecule has 0 saturated heterocycles. The monoisotopic (exact) mass is 343 g/mol. The maximum atomic E-state index is 8.69. The Morgan fingerprint density at radius 3 is 2.04 bits per heavy atom. The Labute approximate surface area is 143 Å². The number of aromatic nitrogens is 3. The molecule has 2 aromatic rings. The third kappa shape index (κ3) is 9.32. The first-order valence-electron chi connectivity index (χ1n) is 7.61. The van der Waals surface area contributed by atoms with Crippen molar-refractivity contribution in [2.24, 2.45) is 0 Å². The fourth-order valence-corrected chi connectivity index (χ4v) is 1.66. The molecule has 0 atom stereocenters. The molecule has 0 aromatic carbocycles.